The molecule has 10 rings (SSSR count). The first-order valence-corrected chi connectivity index (χ1v) is 18.7. The van der Waals surface area contributed by atoms with E-state index in [4.69, 9.17) is 0 Å². The number of rotatable bonds is 7. The molecule has 2 aromatic carbocycles. The zero-order chi connectivity index (χ0) is 39.4. The number of aliphatic hydroxyl groups excluding tert-OH is 1. The minimum Gasteiger partial charge on any atom is -0.494 e. The van der Waals surface area contributed by atoms with Gasteiger partial charge in [0.25, 0.3) is 22.2 Å². The van der Waals surface area contributed by atoms with Crippen LogP contribution in [0.15, 0.2) is 109 Å². The highest BCUT2D eigenvalue weighted by atomic mass is 16.3. The lowest BCUT2D eigenvalue weighted by Crippen LogP contribution is -2.25. The minimum absolute atomic E-state index is 0.0398. The third-order valence-corrected chi connectivity index (χ3v) is 11.7. The van der Waals surface area contributed by atoms with Crippen LogP contribution in [0.25, 0.3) is 66.6 Å². The maximum Gasteiger partial charge on any atom is 0.266 e. The van der Waals surface area contributed by atoms with Crippen LogP contribution in [0.5, 0.6) is 23.5 Å². The normalized spacial score (nSPS) is 16.2. The molecule has 0 radical (unpaired) electrons. The highest BCUT2D eigenvalue weighted by Crippen LogP contribution is 2.66. The van der Waals surface area contributed by atoms with E-state index in [1.54, 1.807) is 24.3 Å². The predicted octanol–water partition coefficient (Wildman–Crippen LogP) is 5.87. The molecule has 57 heavy (non-hydrogen) atoms. The lowest BCUT2D eigenvalue weighted by atomic mass is 9.86. The van der Waals surface area contributed by atoms with Gasteiger partial charge in [-0.25, -0.2) is 9.13 Å². The van der Waals surface area contributed by atoms with Crippen LogP contribution >= 0.6 is 0 Å². The molecule has 13 nitrogen and oxygen atoms in total. The third kappa shape index (κ3) is 4.85. The van der Waals surface area contributed by atoms with Crippen LogP contribution < -0.4 is 22.2 Å². The van der Waals surface area contributed by atoms with Gasteiger partial charge >= 0.3 is 0 Å². The fourth-order valence-corrected chi connectivity index (χ4v) is 8.86. The monoisotopic (exact) mass is 762 g/mol. The van der Waals surface area contributed by atoms with Crippen LogP contribution in [0.4, 0.5) is 0 Å². The molecule has 0 saturated carbocycles. The van der Waals surface area contributed by atoms with Crippen molar-refractivity contribution in [2.75, 3.05) is 0 Å². The van der Waals surface area contributed by atoms with Crippen molar-refractivity contribution in [1.29, 1.82) is 0 Å². The van der Waals surface area contributed by atoms with Crippen molar-refractivity contribution in [3.05, 3.63) is 137 Å². The third-order valence-electron chi connectivity index (χ3n) is 11.7. The summed E-state index contributed by atoms with van der Waals surface area (Å²) in [6.45, 7) is -0.266. The van der Waals surface area contributed by atoms with E-state index in [2.05, 4.69) is 0 Å². The van der Waals surface area contributed by atoms with E-state index in [1.807, 2.05) is 36.5 Å². The van der Waals surface area contributed by atoms with Crippen molar-refractivity contribution in [2.24, 2.45) is 0 Å². The summed E-state index contributed by atoms with van der Waals surface area (Å²) in [4.78, 5) is 54.0. The molecule has 4 heterocycles. The number of aromatic hydroxyl groups is 4. The van der Waals surface area contributed by atoms with Crippen LogP contribution in [0, 0.1) is 0 Å². The van der Waals surface area contributed by atoms with Gasteiger partial charge in [0, 0.05) is 17.1 Å². The first-order valence-electron chi connectivity index (χ1n) is 18.7. The van der Waals surface area contributed by atoms with E-state index in [-0.39, 0.29) is 57.4 Å². The molecule has 4 aromatic heterocycles. The van der Waals surface area contributed by atoms with E-state index in [0.717, 1.165) is 26.7 Å². The lowest BCUT2D eigenvalue weighted by Gasteiger charge is -2.20. The van der Waals surface area contributed by atoms with Crippen molar-refractivity contribution in [2.45, 2.75) is 51.6 Å². The van der Waals surface area contributed by atoms with Gasteiger partial charge in [0.15, 0.2) is 0 Å². The Labute approximate surface area is 321 Å². The molecular weight excluding hydrogens is 729 g/mol. The molecule has 0 spiro atoms. The van der Waals surface area contributed by atoms with E-state index in [1.165, 1.54) is 27.3 Å². The number of hydrogen-bond acceptors (Lipinski definition) is 9. The Morgan fingerprint density at radius 1 is 0.509 bits per heavy atom. The summed E-state index contributed by atoms with van der Waals surface area (Å²) in [7, 11) is 0. The highest BCUT2D eigenvalue weighted by Gasteiger charge is 2.44. The molecule has 0 saturated heterocycles. The molecule has 6 aromatic rings. The van der Waals surface area contributed by atoms with Crippen LogP contribution in [0.2, 0.25) is 0 Å². The van der Waals surface area contributed by atoms with Gasteiger partial charge in [0.2, 0.25) is 23.5 Å². The molecule has 0 aliphatic heterocycles. The van der Waals surface area contributed by atoms with Crippen molar-refractivity contribution < 1.29 is 25.5 Å². The highest BCUT2D eigenvalue weighted by molar-refractivity contribution is 6.13. The smallest absolute Gasteiger partial charge is 0.266 e. The topological polar surface area (TPSA) is 189 Å². The summed E-state index contributed by atoms with van der Waals surface area (Å²) in [5.74, 6) is -0.789. The second kappa shape index (κ2) is 12.4. The molecular formula is C44H34N4O9. The van der Waals surface area contributed by atoms with Crippen LogP contribution in [0.1, 0.15) is 50.5 Å². The van der Waals surface area contributed by atoms with Gasteiger partial charge in [-0.1, -0.05) is 47.6 Å². The standard InChI is InChI=1S/C44H34N4O9/c49-21-24-5-4-8-28(18-24)48-39(52)31-19-29-30(20-32(31)40(48)53)38(51)45(37(29)50)26-13-9-22(10-14-26)17-23-11-15-27(16-12-23)47-43(56)35-33-34(36(35)44(47)57)42(55)46(41(33)54)25-6-2-1-3-7-25/h1-2,4-6,8-9,11,13,15,18-20,49,54-57H,3,7,10,12,14,16-17,21H2. The largest absolute Gasteiger partial charge is 0.494 e. The average Bonchev–Trinajstić information content (AvgIpc) is 3.77. The molecule has 4 aliphatic carbocycles. The molecule has 4 aliphatic rings. The Kier molecular flexibility index (Phi) is 7.51. The fourth-order valence-electron chi connectivity index (χ4n) is 8.86. The first-order chi connectivity index (χ1) is 27.6. The van der Waals surface area contributed by atoms with Crippen LogP contribution in [-0.4, -0.2) is 43.8 Å². The van der Waals surface area contributed by atoms with Gasteiger partial charge in [-0.15, -0.1) is 0 Å². The Balaban J connectivity index is 0.904. The quantitative estimate of drug-likeness (QED) is 0.132. The zero-order valence-electron chi connectivity index (χ0n) is 30.3. The van der Waals surface area contributed by atoms with Gasteiger partial charge in [-0.3, -0.25) is 28.3 Å². The molecule has 0 unspecified atom stereocenters. The van der Waals surface area contributed by atoms with Crippen LogP contribution in [-0.2, 0) is 6.61 Å². The number of aliphatic hydroxyl groups is 1. The second-order valence-corrected chi connectivity index (χ2v) is 14.9. The average molecular weight is 763 g/mol. The van der Waals surface area contributed by atoms with Gasteiger partial charge in [0.05, 0.1) is 56.1 Å². The Hall–Kier alpha value is -7.12. The Morgan fingerprint density at radius 2 is 0.982 bits per heavy atom. The van der Waals surface area contributed by atoms with Gasteiger partial charge in [-0.2, -0.15) is 0 Å². The predicted molar refractivity (Wildman–Crippen MR) is 216 cm³/mol. The molecule has 13 heteroatoms. The van der Waals surface area contributed by atoms with Crippen molar-refractivity contribution in [3.8, 4) is 51.5 Å². The van der Waals surface area contributed by atoms with Crippen LogP contribution in [0.3, 0.4) is 0 Å². The Bertz CT molecular complexity index is 3090. The Morgan fingerprint density at radius 3 is 1.42 bits per heavy atom. The second-order valence-electron chi connectivity index (χ2n) is 14.9. The summed E-state index contributed by atoms with van der Waals surface area (Å²) in [5, 5.41) is 54.4. The summed E-state index contributed by atoms with van der Waals surface area (Å²) in [5.41, 5.74) is 3.77. The maximum atomic E-state index is 13.6. The van der Waals surface area contributed by atoms with E-state index in [0.29, 0.717) is 83.4 Å². The number of allylic oxidation sites excluding steroid dienone is 12. The SMILES string of the molecule is O=c1c2cc3c(=O)n(-c4cccc(CO)c4)c(=O)c3cc2c(=O)n1C1=CC=C(CC2=CC=C(n3c(O)c4c(c3O)-c3c-4c(O)n(C4=CC=CCC4)c3O)CC2)CC1. The molecule has 5 N–H and O–H groups in total. The minimum atomic E-state index is -0.610. The number of hydrogen-bond donors (Lipinski definition) is 5. The molecule has 0 bridgehead atoms. The van der Waals surface area contributed by atoms with Crippen molar-refractivity contribution in [1.82, 2.24) is 18.3 Å². The lowest BCUT2D eigenvalue weighted by molar-refractivity contribution is 0.282. The summed E-state index contributed by atoms with van der Waals surface area (Å²) >= 11 is 0. The first kappa shape index (κ1) is 34.4. The number of nitrogens with zero attached hydrogens (tertiary/aromatic N) is 4. The van der Waals surface area contributed by atoms with E-state index in [9.17, 15) is 44.7 Å². The number of aromatic nitrogens is 4. The summed E-state index contributed by atoms with van der Waals surface area (Å²) in [6, 6.07) is 9.07. The van der Waals surface area contributed by atoms with Gasteiger partial charge in [-0.05, 0) is 93.0 Å². The molecule has 284 valence electrons. The summed E-state index contributed by atoms with van der Waals surface area (Å²) in [6.07, 6.45) is 17.3. The van der Waals surface area contributed by atoms with Gasteiger partial charge < -0.3 is 25.5 Å². The van der Waals surface area contributed by atoms with Crippen molar-refractivity contribution >= 4 is 38.6 Å². The van der Waals surface area contributed by atoms with Gasteiger partial charge in [0.1, 0.15) is 0 Å². The number of benzene rings is 2. The zero-order valence-corrected chi connectivity index (χ0v) is 30.3. The van der Waals surface area contributed by atoms with Crippen molar-refractivity contribution in [3.63, 3.8) is 0 Å². The molecule has 0 atom stereocenters. The maximum absolute atomic E-state index is 13.6. The van der Waals surface area contributed by atoms with E-state index < -0.39 is 22.2 Å². The summed E-state index contributed by atoms with van der Waals surface area (Å²) < 4.78 is 4.82. The fraction of sp³-hybridized carbons (Fsp3) is 0.182. The molecule has 0 amide bonds. The number of fused-ring (bicyclic) bond motifs is 6. The molecule has 0 fully saturated rings. The van der Waals surface area contributed by atoms with E-state index >= 15 is 0 Å².